The summed E-state index contributed by atoms with van der Waals surface area (Å²) in [6.07, 6.45) is 1.07. The number of hydrogen-bond donors (Lipinski definition) is 1. The minimum absolute atomic E-state index is 0.0880. The van der Waals surface area contributed by atoms with Gasteiger partial charge in [-0.1, -0.05) is 27.2 Å². The Bertz CT molecular complexity index is 101. The molecule has 0 heterocycles. The van der Waals surface area contributed by atoms with Crippen LogP contribution in [0, 0.1) is 11.8 Å². The van der Waals surface area contributed by atoms with Gasteiger partial charge in [0.05, 0.1) is 6.17 Å². The van der Waals surface area contributed by atoms with E-state index in [4.69, 9.17) is 5.73 Å². The van der Waals surface area contributed by atoms with Crippen LogP contribution in [0.3, 0.4) is 0 Å². The molecule has 3 unspecified atom stereocenters. The van der Waals surface area contributed by atoms with Crippen LogP contribution in [-0.4, -0.2) is 12.9 Å². The monoisotopic (exact) mass is 142 g/mol. The highest BCUT2D eigenvalue weighted by Crippen LogP contribution is 2.17. The van der Waals surface area contributed by atoms with E-state index in [9.17, 15) is 0 Å². The van der Waals surface area contributed by atoms with Crippen molar-refractivity contribution in [2.75, 3.05) is 0 Å². The van der Waals surface area contributed by atoms with Crippen molar-refractivity contribution >= 4 is 6.72 Å². The zero-order chi connectivity index (χ0) is 8.15. The standard InChI is InChI=1S/C8H18N2/c1-5-6(2)7(3)8(9)10-4/h6-8H,4-5,9H2,1-3H3. The van der Waals surface area contributed by atoms with Crippen LogP contribution in [0.4, 0.5) is 0 Å². The van der Waals surface area contributed by atoms with Crippen LogP contribution in [0.25, 0.3) is 0 Å². The minimum Gasteiger partial charge on any atom is -0.310 e. The summed E-state index contributed by atoms with van der Waals surface area (Å²) in [4.78, 5) is 3.79. The van der Waals surface area contributed by atoms with E-state index in [1.807, 2.05) is 0 Å². The lowest BCUT2D eigenvalue weighted by Crippen LogP contribution is -2.29. The van der Waals surface area contributed by atoms with E-state index in [1.165, 1.54) is 0 Å². The molecule has 3 atom stereocenters. The molecule has 10 heavy (non-hydrogen) atoms. The first kappa shape index (κ1) is 9.63. The SMILES string of the molecule is C=NC(N)C(C)C(C)CC. The molecule has 0 saturated heterocycles. The minimum atomic E-state index is -0.0880. The van der Waals surface area contributed by atoms with Crippen LogP contribution in [0.5, 0.6) is 0 Å². The van der Waals surface area contributed by atoms with Gasteiger partial charge in [0, 0.05) is 0 Å². The lowest BCUT2D eigenvalue weighted by atomic mass is 9.91. The van der Waals surface area contributed by atoms with E-state index in [0.29, 0.717) is 11.8 Å². The summed E-state index contributed by atoms with van der Waals surface area (Å²) in [7, 11) is 0. The highest BCUT2D eigenvalue weighted by atomic mass is 14.9. The maximum absolute atomic E-state index is 5.66. The molecule has 0 aliphatic rings. The third kappa shape index (κ3) is 2.48. The van der Waals surface area contributed by atoms with Gasteiger partial charge >= 0.3 is 0 Å². The molecule has 2 heteroatoms. The van der Waals surface area contributed by atoms with E-state index in [2.05, 4.69) is 32.5 Å². The third-order valence-electron chi connectivity index (χ3n) is 2.29. The summed E-state index contributed by atoms with van der Waals surface area (Å²) < 4.78 is 0. The molecule has 0 aliphatic heterocycles. The summed E-state index contributed by atoms with van der Waals surface area (Å²) >= 11 is 0. The Morgan fingerprint density at radius 2 is 2.00 bits per heavy atom. The van der Waals surface area contributed by atoms with Gasteiger partial charge in [-0.25, -0.2) is 0 Å². The van der Waals surface area contributed by atoms with Crippen LogP contribution in [0.15, 0.2) is 4.99 Å². The molecular weight excluding hydrogens is 124 g/mol. The van der Waals surface area contributed by atoms with E-state index in [-0.39, 0.29) is 6.17 Å². The molecule has 0 aromatic heterocycles. The second kappa shape index (κ2) is 4.45. The highest BCUT2D eigenvalue weighted by Gasteiger charge is 2.15. The molecule has 0 aliphatic carbocycles. The number of nitrogens with two attached hydrogens (primary N) is 1. The Balaban J connectivity index is 3.80. The predicted molar refractivity (Wildman–Crippen MR) is 46.1 cm³/mol. The second-order valence-corrected chi connectivity index (χ2v) is 2.92. The fourth-order valence-electron chi connectivity index (χ4n) is 0.875. The first-order valence-corrected chi connectivity index (χ1v) is 3.84. The topological polar surface area (TPSA) is 38.4 Å². The van der Waals surface area contributed by atoms with Gasteiger partial charge < -0.3 is 5.73 Å². The van der Waals surface area contributed by atoms with Crippen LogP contribution >= 0.6 is 0 Å². The molecule has 60 valence electrons. The quantitative estimate of drug-likeness (QED) is 0.595. The average molecular weight is 142 g/mol. The summed E-state index contributed by atoms with van der Waals surface area (Å²) in [6.45, 7) is 9.90. The van der Waals surface area contributed by atoms with Crippen molar-refractivity contribution < 1.29 is 0 Å². The molecular formula is C8H18N2. The molecule has 0 aromatic carbocycles. The average Bonchev–Trinajstić information content (AvgIpc) is 2.00. The largest absolute Gasteiger partial charge is 0.310 e. The fourth-order valence-corrected chi connectivity index (χ4v) is 0.875. The van der Waals surface area contributed by atoms with Crippen molar-refractivity contribution in [3.8, 4) is 0 Å². The van der Waals surface area contributed by atoms with Crippen molar-refractivity contribution in [2.24, 2.45) is 22.6 Å². The highest BCUT2D eigenvalue weighted by molar-refractivity contribution is 5.24. The van der Waals surface area contributed by atoms with E-state index in [0.717, 1.165) is 6.42 Å². The Kier molecular flexibility index (Phi) is 4.28. The molecule has 0 amide bonds. The normalized spacial score (nSPS) is 19.6. The van der Waals surface area contributed by atoms with Gasteiger partial charge in [0.1, 0.15) is 0 Å². The van der Waals surface area contributed by atoms with Crippen LogP contribution in [-0.2, 0) is 0 Å². The van der Waals surface area contributed by atoms with Crippen molar-refractivity contribution in [2.45, 2.75) is 33.4 Å². The van der Waals surface area contributed by atoms with Gasteiger partial charge in [-0.3, -0.25) is 4.99 Å². The Morgan fingerprint density at radius 1 is 1.50 bits per heavy atom. The molecule has 2 N–H and O–H groups in total. The summed E-state index contributed by atoms with van der Waals surface area (Å²) in [6, 6.07) is 0. The van der Waals surface area contributed by atoms with Crippen LogP contribution in [0.2, 0.25) is 0 Å². The Morgan fingerprint density at radius 3 is 2.30 bits per heavy atom. The van der Waals surface area contributed by atoms with E-state index < -0.39 is 0 Å². The van der Waals surface area contributed by atoms with Gasteiger partial charge in [-0.15, -0.1) is 0 Å². The van der Waals surface area contributed by atoms with Gasteiger partial charge in [-0.05, 0) is 18.6 Å². The summed E-state index contributed by atoms with van der Waals surface area (Å²) in [5.41, 5.74) is 5.66. The third-order valence-corrected chi connectivity index (χ3v) is 2.29. The number of hydrogen-bond acceptors (Lipinski definition) is 2. The molecule has 0 radical (unpaired) electrons. The van der Waals surface area contributed by atoms with Crippen LogP contribution in [0.1, 0.15) is 27.2 Å². The second-order valence-electron chi connectivity index (χ2n) is 2.92. The zero-order valence-electron chi connectivity index (χ0n) is 7.17. The van der Waals surface area contributed by atoms with Gasteiger partial charge in [0.15, 0.2) is 0 Å². The van der Waals surface area contributed by atoms with Crippen molar-refractivity contribution in [1.29, 1.82) is 0 Å². The molecule has 0 aromatic rings. The van der Waals surface area contributed by atoms with Crippen molar-refractivity contribution in [3.63, 3.8) is 0 Å². The number of rotatable bonds is 4. The Hall–Kier alpha value is -0.370. The first-order chi connectivity index (χ1) is 4.63. The molecule has 0 spiro atoms. The predicted octanol–water partition coefficient (Wildman–Crippen LogP) is 1.65. The maximum atomic E-state index is 5.66. The Labute approximate surface area is 63.5 Å². The van der Waals surface area contributed by atoms with Crippen molar-refractivity contribution in [1.82, 2.24) is 0 Å². The molecule has 2 nitrogen and oxygen atoms in total. The van der Waals surface area contributed by atoms with Gasteiger partial charge in [-0.2, -0.15) is 0 Å². The molecule has 0 rings (SSSR count). The fraction of sp³-hybridized carbons (Fsp3) is 0.875. The molecule has 0 saturated carbocycles. The lowest BCUT2D eigenvalue weighted by molar-refractivity contribution is 0.324. The van der Waals surface area contributed by atoms with Gasteiger partial charge in [0.25, 0.3) is 0 Å². The van der Waals surface area contributed by atoms with Crippen LogP contribution < -0.4 is 5.73 Å². The smallest absolute Gasteiger partial charge is 0.0990 e. The molecule has 0 fully saturated rings. The zero-order valence-corrected chi connectivity index (χ0v) is 7.17. The molecule has 0 bridgehead atoms. The number of aliphatic imine (C=N–C) groups is 1. The van der Waals surface area contributed by atoms with Crippen molar-refractivity contribution in [3.05, 3.63) is 0 Å². The lowest BCUT2D eigenvalue weighted by Gasteiger charge is -2.21. The first-order valence-electron chi connectivity index (χ1n) is 3.84. The maximum Gasteiger partial charge on any atom is 0.0990 e. The number of nitrogens with zero attached hydrogens (tertiary/aromatic N) is 1. The van der Waals surface area contributed by atoms with E-state index >= 15 is 0 Å². The van der Waals surface area contributed by atoms with E-state index in [1.54, 1.807) is 0 Å². The summed E-state index contributed by atoms with van der Waals surface area (Å²) in [5, 5.41) is 0. The summed E-state index contributed by atoms with van der Waals surface area (Å²) in [5.74, 6) is 1.09. The van der Waals surface area contributed by atoms with Gasteiger partial charge in [0.2, 0.25) is 0 Å².